The SMILES string of the molecule is Cc1nc(CBr)c(Br)c(N2CCC(C)(C)CC2)c1C(OC(C)(C)C)C(=O)OC(C)C. The Kier molecular flexibility index (Phi) is 8.42. The summed E-state index contributed by atoms with van der Waals surface area (Å²) in [4.78, 5) is 20.3. The van der Waals surface area contributed by atoms with Gasteiger partial charge in [-0.25, -0.2) is 4.79 Å². The Bertz CT molecular complexity index is 763. The predicted molar refractivity (Wildman–Crippen MR) is 129 cm³/mol. The molecule has 1 aromatic rings. The molecule has 1 fully saturated rings. The molecular weight excluding hydrogens is 512 g/mol. The van der Waals surface area contributed by atoms with Crippen molar-refractivity contribution < 1.29 is 14.3 Å². The number of aromatic nitrogens is 1. The van der Waals surface area contributed by atoms with Crippen LogP contribution in [0, 0.1) is 12.3 Å². The van der Waals surface area contributed by atoms with Crippen LogP contribution < -0.4 is 4.90 Å². The Balaban J connectivity index is 2.64. The molecule has 1 aliphatic rings. The summed E-state index contributed by atoms with van der Waals surface area (Å²) in [6.45, 7) is 18.0. The number of rotatable bonds is 6. The Morgan fingerprint density at radius 3 is 2.27 bits per heavy atom. The average Bonchev–Trinajstić information content (AvgIpc) is 2.60. The van der Waals surface area contributed by atoms with Crippen molar-refractivity contribution in [1.29, 1.82) is 0 Å². The van der Waals surface area contributed by atoms with Crippen molar-refractivity contribution in [3.8, 4) is 0 Å². The third-order valence-electron chi connectivity index (χ3n) is 5.27. The zero-order chi connectivity index (χ0) is 22.9. The molecule has 30 heavy (non-hydrogen) atoms. The number of piperidine rings is 1. The fraction of sp³-hybridized carbons (Fsp3) is 0.739. The van der Waals surface area contributed by atoms with Gasteiger partial charge in [-0.1, -0.05) is 29.8 Å². The first-order valence-corrected chi connectivity index (χ1v) is 12.6. The molecule has 0 amide bonds. The second-order valence-electron chi connectivity index (χ2n) is 10.1. The number of ether oxygens (including phenoxy) is 2. The summed E-state index contributed by atoms with van der Waals surface area (Å²) in [7, 11) is 0. The van der Waals surface area contributed by atoms with E-state index in [2.05, 4.69) is 50.6 Å². The molecule has 1 atom stereocenters. The highest BCUT2D eigenvalue weighted by Crippen LogP contribution is 2.43. The van der Waals surface area contributed by atoms with Crippen LogP contribution >= 0.6 is 31.9 Å². The minimum Gasteiger partial charge on any atom is -0.461 e. The Morgan fingerprint density at radius 2 is 1.80 bits per heavy atom. The Hall–Kier alpha value is -0.660. The lowest BCUT2D eigenvalue weighted by Gasteiger charge is -2.40. The van der Waals surface area contributed by atoms with Crippen LogP contribution in [0.15, 0.2) is 4.47 Å². The Morgan fingerprint density at radius 1 is 1.23 bits per heavy atom. The second-order valence-corrected chi connectivity index (χ2v) is 11.5. The number of anilines is 1. The van der Waals surface area contributed by atoms with Crippen molar-refractivity contribution in [2.75, 3.05) is 18.0 Å². The van der Waals surface area contributed by atoms with E-state index in [1.807, 2.05) is 41.5 Å². The van der Waals surface area contributed by atoms with Crippen molar-refractivity contribution in [1.82, 2.24) is 4.98 Å². The summed E-state index contributed by atoms with van der Waals surface area (Å²) in [6.07, 6.45) is 1.11. The first-order chi connectivity index (χ1) is 13.8. The van der Waals surface area contributed by atoms with E-state index in [1.165, 1.54) is 0 Å². The van der Waals surface area contributed by atoms with Gasteiger partial charge in [0.1, 0.15) is 0 Å². The van der Waals surface area contributed by atoms with Crippen LogP contribution in [0.25, 0.3) is 0 Å². The molecule has 1 unspecified atom stereocenters. The molecule has 1 saturated heterocycles. The van der Waals surface area contributed by atoms with Crippen molar-refractivity contribution in [2.45, 2.75) is 91.4 Å². The molecule has 2 rings (SSSR count). The minimum absolute atomic E-state index is 0.221. The topological polar surface area (TPSA) is 51.7 Å². The summed E-state index contributed by atoms with van der Waals surface area (Å²) >= 11 is 7.35. The number of hydrogen-bond acceptors (Lipinski definition) is 5. The predicted octanol–water partition coefficient (Wildman–Crippen LogP) is 6.48. The number of carbonyl (C=O) groups is 1. The molecule has 170 valence electrons. The summed E-state index contributed by atoms with van der Waals surface area (Å²) < 4.78 is 12.8. The van der Waals surface area contributed by atoms with Gasteiger partial charge in [-0.05, 0) is 75.7 Å². The largest absolute Gasteiger partial charge is 0.461 e. The lowest BCUT2D eigenvalue weighted by molar-refractivity contribution is -0.171. The van der Waals surface area contributed by atoms with E-state index < -0.39 is 11.7 Å². The fourth-order valence-electron chi connectivity index (χ4n) is 3.66. The summed E-state index contributed by atoms with van der Waals surface area (Å²) in [5, 5.41) is 0.627. The molecule has 0 N–H and O–H groups in total. The normalized spacial score (nSPS) is 17.9. The fourth-order valence-corrected chi connectivity index (χ4v) is 5.13. The molecular formula is C23H36Br2N2O3. The van der Waals surface area contributed by atoms with Crippen molar-refractivity contribution >= 4 is 43.5 Å². The zero-order valence-corrected chi connectivity index (χ0v) is 22.7. The summed E-state index contributed by atoms with van der Waals surface area (Å²) in [6, 6.07) is 0. The lowest BCUT2D eigenvalue weighted by atomic mass is 9.82. The maximum Gasteiger partial charge on any atom is 0.340 e. The minimum atomic E-state index is -0.842. The van der Waals surface area contributed by atoms with Gasteiger partial charge in [0, 0.05) is 29.7 Å². The Labute approximate surface area is 198 Å². The van der Waals surface area contributed by atoms with E-state index in [0.717, 1.165) is 53.0 Å². The first kappa shape index (κ1) is 25.6. The highest BCUT2D eigenvalue weighted by atomic mass is 79.9. The van der Waals surface area contributed by atoms with Gasteiger partial charge >= 0.3 is 5.97 Å². The number of aryl methyl sites for hydroxylation is 1. The molecule has 2 heterocycles. The van der Waals surface area contributed by atoms with Gasteiger partial charge in [-0.15, -0.1) is 0 Å². The number of alkyl halides is 1. The molecule has 7 heteroatoms. The van der Waals surface area contributed by atoms with Crippen LogP contribution in [0.5, 0.6) is 0 Å². The van der Waals surface area contributed by atoms with Crippen LogP contribution in [0.2, 0.25) is 0 Å². The van der Waals surface area contributed by atoms with Crippen LogP contribution in [0.3, 0.4) is 0 Å². The highest BCUT2D eigenvalue weighted by molar-refractivity contribution is 9.11. The number of pyridine rings is 1. The molecule has 5 nitrogen and oxygen atoms in total. The molecule has 0 bridgehead atoms. The maximum atomic E-state index is 13.2. The highest BCUT2D eigenvalue weighted by Gasteiger charge is 2.37. The summed E-state index contributed by atoms with van der Waals surface area (Å²) in [5.74, 6) is -0.373. The van der Waals surface area contributed by atoms with Crippen LogP contribution in [0.4, 0.5) is 5.69 Å². The molecule has 0 aliphatic carbocycles. The van der Waals surface area contributed by atoms with Gasteiger partial charge in [0.15, 0.2) is 6.10 Å². The van der Waals surface area contributed by atoms with Crippen molar-refractivity contribution in [2.24, 2.45) is 5.41 Å². The quantitative estimate of drug-likeness (QED) is 0.301. The van der Waals surface area contributed by atoms with Gasteiger partial charge in [0.05, 0.1) is 27.6 Å². The van der Waals surface area contributed by atoms with E-state index in [1.54, 1.807) is 0 Å². The third kappa shape index (κ3) is 6.42. The van der Waals surface area contributed by atoms with Gasteiger partial charge in [-0.2, -0.15) is 0 Å². The maximum absolute atomic E-state index is 13.2. The van der Waals surface area contributed by atoms with Gasteiger partial charge in [-0.3, -0.25) is 4.98 Å². The van der Waals surface area contributed by atoms with Crippen LogP contribution in [-0.2, 0) is 19.6 Å². The van der Waals surface area contributed by atoms with Gasteiger partial charge < -0.3 is 14.4 Å². The molecule has 0 spiro atoms. The van der Waals surface area contributed by atoms with Crippen molar-refractivity contribution in [3.05, 3.63) is 21.4 Å². The molecule has 0 radical (unpaired) electrons. The second kappa shape index (κ2) is 9.86. The molecule has 0 saturated carbocycles. The number of carbonyl (C=O) groups excluding carboxylic acids is 1. The first-order valence-electron chi connectivity index (χ1n) is 10.6. The number of hydrogen-bond donors (Lipinski definition) is 0. The monoisotopic (exact) mass is 546 g/mol. The lowest BCUT2D eigenvalue weighted by Crippen LogP contribution is -2.39. The van der Waals surface area contributed by atoms with Gasteiger partial charge in [0.25, 0.3) is 0 Å². The van der Waals surface area contributed by atoms with Crippen LogP contribution in [0.1, 0.15) is 84.4 Å². The van der Waals surface area contributed by atoms with E-state index >= 15 is 0 Å². The summed E-state index contributed by atoms with van der Waals surface area (Å²) in [5.41, 5.74) is 3.32. The number of nitrogens with zero attached hydrogens (tertiary/aromatic N) is 2. The van der Waals surface area contributed by atoms with Crippen molar-refractivity contribution in [3.63, 3.8) is 0 Å². The molecule has 1 aliphatic heterocycles. The van der Waals surface area contributed by atoms with E-state index in [4.69, 9.17) is 14.5 Å². The van der Waals surface area contributed by atoms with Crippen LogP contribution in [-0.4, -0.2) is 35.7 Å². The third-order valence-corrected chi connectivity index (χ3v) is 6.63. The van der Waals surface area contributed by atoms with Gasteiger partial charge in [0.2, 0.25) is 0 Å². The smallest absolute Gasteiger partial charge is 0.340 e. The average molecular weight is 548 g/mol. The standard InChI is InChI=1S/C23H36Br2N2O3/c1-14(2)29-21(28)20(30-22(4,5)6)17-15(3)26-16(13-24)18(25)19(17)27-11-9-23(7,8)10-12-27/h14,20H,9-13H2,1-8H3. The van der Waals surface area contributed by atoms with E-state index in [0.29, 0.717) is 10.7 Å². The zero-order valence-electron chi connectivity index (χ0n) is 19.6. The van der Waals surface area contributed by atoms with E-state index in [-0.39, 0.29) is 12.1 Å². The van der Waals surface area contributed by atoms with E-state index in [9.17, 15) is 4.79 Å². The molecule has 0 aromatic carbocycles. The number of halogens is 2. The molecule has 1 aromatic heterocycles. The number of esters is 1.